The molecule has 2 amide bonds. The van der Waals surface area contributed by atoms with E-state index >= 15 is 0 Å². The molecule has 0 unspecified atom stereocenters. The maximum absolute atomic E-state index is 13.2. The molecular formula is C24H28ClN3O3. The molecular weight excluding hydrogens is 414 g/mol. The first-order valence-electron chi connectivity index (χ1n) is 11.0. The molecule has 2 aliphatic rings. The highest BCUT2D eigenvalue weighted by molar-refractivity contribution is 6.31. The number of hydrogen-bond acceptors (Lipinski definition) is 4. The minimum atomic E-state index is -0.209. The van der Waals surface area contributed by atoms with Crippen LogP contribution in [0.4, 0.5) is 5.69 Å². The van der Waals surface area contributed by atoms with E-state index in [1.807, 2.05) is 0 Å². The predicted octanol–water partition coefficient (Wildman–Crippen LogP) is 5.21. The van der Waals surface area contributed by atoms with Crippen LogP contribution in [0.3, 0.4) is 0 Å². The van der Waals surface area contributed by atoms with Crippen molar-refractivity contribution in [2.24, 2.45) is 11.8 Å². The number of amides is 2. The molecule has 0 saturated heterocycles. The third-order valence-corrected chi connectivity index (χ3v) is 6.74. The lowest BCUT2D eigenvalue weighted by atomic mass is 9.78. The molecule has 0 radical (unpaired) electrons. The van der Waals surface area contributed by atoms with Crippen molar-refractivity contribution in [3.8, 4) is 11.6 Å². The standard InChI is InChI=1S/C24H28ClN3O3/c1-15-6-3-8-19(16(15)2)27-22(29)9-5-13-28-20-14-17(25)10-11-21(20)31-23-18(24(28)30)7-4-12-26-23/h4,7,10-12,14-16,19H,3,5-6,8-9,13H2,1-2H3,(H,27,29)/t15-,16+,19-/m1/s1. The first-order chi connectivity index (χ1) is 14.9. The molecule has 6 nitrogen and oxygen atoms in total. The van der Waals surface area contributed by atoms with Crippen molar-refractivity contribution in [1.29, 1.82) is 0 Å². The maximum Gasteiger partial charge on any atom is 0.263 e. The van der Waals surface area contributed by atoms with E-state index in [0.29, 0.717) is 53.2 Å². The Bertz CT molecular complexity index is 980. The molecule has 1 aromatic carbocycles. The number of carbonyl (C=O) groups excluding carboxylic acids is 2. The number of fused-ring (bicyclic) bond motifs is 2. The van der Waals surface area contributed by atoms with Crippen LogP contribution in [0.1, 0.15) is 56.3 Å². The van der Waals surface area contributed by atoms with E-state index in [0.717, 1.165) is 12.8 Å². The number of anilines is 1. The minimum Gasteiger partial charge on any atom is -0.436 e. The van der Waals surface area contributed by atoms with Crippen molar-refractivity contribution in [2.45, 2.75) is 52.0 Å². The zero-order valence-corrected chi connectivity index (χ0v) is 18.7. The number of rotatable bonds is 5. The minimum absolute atomic E-state index is 0.0397. The van der Waals surface area contributed by atoms with Gasteiger partial charge in [0.1, 0.15) is 5.56 Å². The number of aromatic nitrogens is 1. The number of halogens is 1. The topological polar surface area (TPSA) is 71.5 Å². The number of hydrogen-bond donors (Lipinski definition) is 1. The van der Waals surface area contributed by atoms with E-state index in [2.05, 4.69) is 24.1 Å². The molecule has 2 aromatic rings. The number of benzene rings is 1. The Kier molecular flexibility index (Phi) is 6.46. The van der Waals surface area contributed by atoms with Gasteiger partial charge in [-0.25, -0.2) is 4.98 Å². The number of pyridine rings is 1. The SMILES string of the molecule is C[C@H]1[C@H](C)CCC[C@H]1NC(=O)CCCN1C(=O)c2cccnc2Oc2ccc(Cl)cc21. The van der Waals surface area contributed by atoms with E-state index in [9.17, 15) is 9.59 Å². The van der Waals surface area contributed by atoms with Gasteiger partial charge in [-0.1, -0.05) is 38.3 Å². The maximum atomic E-state index is 13.2. The molecule has 0 bridgehead atoms. The average molecular weight is 442 g/mol. The summed E-state index contributed by atoms with van der Waals surface area (Å²) in [6.07, 6.45) is 5.91. The van der Waals surface area contributed by atoms with Crippen LogP contribution in [0.25, 0.3) is 0 Å². The average Bonchev–Trinajstić information content (AvgIpc) is 2.86. The predicted molar refractivity (Wildman–Crippen MR) is 121 cm³/mol. The summed E-state index contributed by atoms with van der Waals surface area (Å²) < 4.78 is 5.90. The second kappa shape index (κ2) is 9.27. The van der Waals surface area contributed by atoms with Gasteiger partial charge >= 0.3 is 0 Å². The molecule has 2 heterocycles. The molecule has 1 aliphatic heterocycles. The number of nitrogens with one attached hydrogen (secondary N) is 1. The van der Waals surface area contributed by atoms with Crippen LogP contribution >= 0.6 is 11.6 Å². The van der Waals surface area contributed by atoms with Crippen LogP contribution in [-0.4, -0.2) is 29.4 Å². The van der Waals surface area contributed by atoms with Crippen molar-refractivity contribution in [2.75, 3.05) is 11.4 Å². The van der Waals surface area contributed by atoms with E-state index in [4.69, 9.17) is 16.3 Å². The van der Waals surface area contributed by atoms with E-state index in [-0.39, 0.29) is 23.7 Å². The lowest BCUT2D eigenvalue weighted by Crippen LogP contribution is -2.43. The summed E-state index contributed by atoms with van der Waals surface area (Å²) in [5.41, 5.74) is 0.981. The van der Waals surface area contributed by atoms with Gasteiger partial charge in [0.05, 0.1) is 5.69 Å². The van der Waals surface area contributed by atoms with E-state index in [1.54, 1.807) is 41.4 Å². The molecule has 3 atom stereocenters. The molecule has 7 heteroatoms. The summed E-state index contributed by atoms with van der Waals surface area (Å²) in [5.74, 6) is 1.74. The first-order valence-corrected chi connectivity index (χ1v) is 11.4. The fourth-order valence-corrected chi connectivity index (χ4v) is 4.63. The van der Waals surface area contributed by atoms with Crippen LogP contribution in [0.2, 0.25) is 5.02 Å². The highest BCUT2D eigenvalue weighted by atomic mass is 35.5. The summed E-state index contributed by atoms with van der Waals surface area (Å²) in [4.78, 5) is 31.7. The summed E-state index contributed by atoms with van der Waals surface area (Å²) >= 11 is 6.20. The number of ether oxygens (including phenoxy) is 1. The van der Waals surface area contributed by atoms with Gasteiger partial charge in [-0.15, -0.1) is 0 Å². The molecule has 1 N–H and O–H groups in total. The van der Waals surface area contributed by atoms with Gasteiger partial charge in [-0.3, -0.25) is 9.59 Å². The third-order valence-electron chi connectivity index (χ3n) is 6.50. The van der Waals surface area contributed by atoms with Gasteiger partial charge in [0, 0.05) is 30.2 Å². The molecule has 4 rings (SSSR count). The van der Waals surface area contributed by atoms with Crippen molar-refractivity contribution < 1.29 is 14.3 Å². The van der Waals surface area contributed by atoms with Crippen LogP contribution in [0, 0.1) is 11.8 Å². The quantitative estimate of drug-likeness (QED) is 0.691. The Morgan fingerprint density at radius 3 is 2.97 bits per heavy atom. The summed E-state index contributed by atoms with van der Waals surface area (Å²) in [6, 6.07) is 8.81. The Labute approximate surface area is 187 Å². The molecule has 31 heavy (non-hydrogen) atoms. The van der Waals surface area contributed by atoms with Crippen LogP contribution < -0.4 is 15.0 Å². The van der Waals surface area contributed by atoms with Crippen LogP contribution in [0.5, 0.6) is 11.6 Å². The van der Waals surface area contributed by atoms with Gasteiger partial charge in [0.25, 0.3) is 5.91 Å². The Morgan fingerprint density at radius 2 is 2.13 bits per heavy atom. The van der Waals surface area contributed by atoms with Crippen molar-refractivity contribution >= 4 is 29.1 Å². The second-order valence-electron chi connectivity index (χ2n) is 8.57. The van der Waals surface area contributed by atoms with Gasteiger partial charge in [-0.05, 0) is 55.0 Å². The van der Waals surface area contributed by atoms with Gasteiger partial charge in [0.2, 0.25) is 11.8 Å². The Morgan fingerprint density at radius 1 is 1.29 bits per heavy atom. The lowest BCUT2D eigenvalue weighted by Gasteiger charge is -2.34. The summed E-state index contributed by atoms with van der Waals surface area (Å²) in [6.45, 7) is 4.86. The number of nitrogens with zero attached hydrogens (tertiary/aromatic N) is 2. The zero-order valence-electron chi connectivity index (χ0n) is 17.9. The molecule has 1 aromatic heterocycles. The van der Waals surface area contributed by atoms with Crippen molar-refractivity contribution in [3.05, 3.63) is 47.1 Å². The summed E-state index contributed by atoms with van der Waals surface area (Å²) in [5, 5.41) is 3.72. The molecule has 1 aliphatic carbocycles. The van der Waals surface area contributed by atoms with E-state index < -0.39 is 0 Å². The fourth-order valence-electron chi connectivity index (χ4n) is 4.47. The molecule has 1 fully saturated rings. The molecule has 1 saturated carbocycles. The van der Waals surface area contributed by atoms with Gasteiger partial charge in [0.15, 0.2) is 5.75 Å². The third kappa shape index (κ3) is 4.69. The molecule has 0 spiro atoms. The van der Waals surface area contributed by atoms with Gasteiger partial charge in [-0.2, -0.15) is 0 Å². The Balaban J connectivity index is 1.45. The van der Waals surface area contributed by atoms with Crippen LogP contribution in [-0.2, 0) is 4.79 Å². The largest absolute Gasteiger partial charge is 0.436 e. The fraction of sp³-hybridized carbons (Fsp3) is 0.458. The monoisotopic (exact) mass is 441 g/mol. The highest BCUT2D eigenvalue weighted by Crippen LogP contribution is 2.39. The highest BCUT2D eigenvalue weighted by Gasteiger charge is 2.30. The second-order valence-corrected chi connectivity index (χ2v) is 9.01. The smallest absolute Gasteiger partial charge is 0.263 e. The normalized spacial score (nSPS) is 22.7. The van der Waals surface area contributed by atoms with Gasteiger partial charge < -0.3 is 15.0 Å². The van der Waals surface area contributed by atoms with Crippen LogP contribution in [0.15, 0.2) is 36.5 Å². The lowest BCUT2D eigenvalue weighted by molar-refractivity contribution is -0.122. The molecule has 164 valence electrons. The van der Waals surface area contributed by atoms with Crippen molar-refractivity contribution in [3.63, 3.8) is 0 Å². The first kappa shape index (κ1) is 21.6. The van der Waals surface area contributed by atoms with E-state index in [1.165, 1.54) is 6.42 Å². The number of carbonyl (C=O) groups is 2. The Hall–Kier alpha value is -2.60. The zero-order chi connectivity index (χ0) is 22.0. The van der Waals surface area contributed by atoms with Crippen molar-refractivity contribution in [1.82, 2.24) is 10.3 Å². The summed E-state index contributed by atoms with van der Waals surface area (Å²) in [7, 11) is 0.